The molecule has 2 saturated heterocycles. The molecule has 2 aromatic rings. The lowest BCUT2D eigenvalue weighted by atomic mass is 9.75. The van der Waals surface area contributed by atoms with Gasteiger partial charge < -0.3 is 4.52 Å². The van der Waals surface area contributed by atoms with E-state index < -0.39 is 0 Å². The zero-order valence-electron chi connectivity index (χ0n) is 12.7. The summed E-state index contributed by atoms with van der Waals surface area (Å²) in [5.74, 6) is 2.03. The van der Waals surface area contributed by atoms with E-state index in [4.69, 9.17) is 4.52 Å². The molecule has 2 aliphatic rings. The van der Waals surface area contributed by atoms with Crippen molar-refractivity contribution >= 4 is 0 Å². The van der Waals surface area contributed by atoms with E-state index in [1.54, 1.807) is 6.20 Å². The number of fused-ring (bicyclic) bond motifs is 2. The van der Waals surface area contributed by atoms with Crippen LogP contribution in [-0.2, 0) is 0 Å². The van der Waals surface area contributed by atoms with E-state index in [2.05, 4.69) is 54.4 Å². The fourth-order valence-electron chi connectivity index (χ4n) is 4.41. The topological polar surface area (TPSA) is 29.3 Å². The Morgan fingerprint density at radius 1 is 1.14 bits per heavy atom. The first kappa shape index (κ1) is 13.1. The first-order valence-corrected chi connectivity index (χ1v) is 7.93. The maximum absolute atomic E-state index is 5.57. The zero-order valence-corrected chi connectivity index (χ0v) is 12.7. The van der Waals surface area contributed by atoms with Crippen LogP contribution in [0.3, 0.4) is 0 Å². The second-order valence-electron chi connectivity index (χ2n) is 6.66. The lowest BCUT2D eigenvalue weighted by Gasteiger charge is -2.42. The van der Waals surface area contributed by atoms with E-state index in [0.717, 1.165) is 11.8 Å². The number of piperidine rings is 1. The molecule has 2 bridgehead atoms. The molecule has 4 rings (SSSR count). The smallest absolute Gasteiger partial charge is 0.141 e. The predicted octanol–water partition coefficient (Wildman–Crippen LogP) is 3.72. The van der Waals surface area contributed by atoms with Crippen LogP contribution in [0.5, 0.6) is 0 Å². The van der Waals surface area contributed by atoms with Gasteiger partial charge in [-0.15, -0.1) is 0 Å². The van der Waals surface area contributed by atoms with Gasteiger partial charge in [-0.25, -0.2) is 0 Å². The van der Waals surface area contributed by atoms with E-state index in [1.165, 1.54) is 30.4 Å². The molecule has 3 nitrogen and oxygen atoms in total. The highest BCUT2D eigenvalue weighted by Gasteiger charge is 2.47. The Balaban J connectivity index is 1.75. The number of benzene rings is 1. The molecule has 2 unspecified atom stereocenters. The number of aromatic nitrogens is 1. The van der Waals surface area contributed by atoms with Gasteiger partial charge in [0.1, 0.15) is 5.76 Å². The molecule has 0 N–H and O–H groups in total. The molecule has 0 amide bonds. The van der Waals surface area contributed by atoms with Crippen LogP contribution in [0.25, 0.3) is 0 Å². The summed E-state index contributed by atoms with van der Waals surface area (Å²) in [4.78, 5) is 2.57. The number of nitrogens with zero attached hydrogens (tertiary/aromatic N) is 2. The fraction of sp³-hybridized carbons (Fsp3) is 0.500. The second kappa shape index (κ2) is 4.99. The molecule has 4 atom stereocenters. The highest BCUT2D eigenvalue weighted by atomic mass is 16.5. The van der Waals surface area contributed by atoms with Crippen molar-refractivity contribution < 1.29 is 4.52 Å². The third-order valence-corrected chi connectivity index (χ3v) is 5.56. The number of hydrogen-bond donors (Lipinski definition) is 0. The summed E-state index contributed by atoms with van der Waals surface area (Å²) in [6.07, 6.45) is 5.59. The monoisotopic (exact) mass is 282 g/mol. The van der Waals surface area contributed by atoms with Crippen molar-refractivity contribution in [3.05, 3.63) is 53.4 Å². The molecular formula is C18H22N2O. The molecule has 0 spiro atoms. The van der Waals surface area contributed by atoms with E-state index in [-0.39, 0.29) is 0 Å². The van der Waals surface area contributed by atoms with Crippen LogP contribution < -0.4 is 0 Å². The summed E-state index contributed by atoms with van der Waals surface area (Å²) >= 11 is 0. The van der Waals surface area contributed by atoms with E-state index in [0.29, 0.717) is 17.9 Å². The quantitative estimate of drug-likeness (QED) is 0.840. The molecule has 3 heteroatoms. The van der Waals surface area contributed by atoms with Gasteiger partial charge in [0.25, 0.3) is 0 Å². The van der Waals surface area contributed by atoms with Gasteiger partial charge in [0.05, 0.1) is 6.20 Å². The summed E-state index contributed by atoms with van der Waals surface area (Å²) in [7, 11) is 2.27. The lowest BCUT2D eigenvalue weighted by molar-refractivity contribution is 0.122. The fourth-order valence-corrected chi connectivity index (χ4v) is 4.41. The zero-order chi connectivity index (χ0) is 14.4. The standard InChI is InChI=1S/C18H22N2O/c1-12-3-5-13(6-4-12)15-11-14-7-8-16(20(14)2)18(15)17-9-10-19-21-17/h3-6,9-10,14-16,18H,7-8,11H2,1-2H3/t14-,15?,16?,18+/m1/s1. The van der Waals surface area contributed by atoms with Gasteiger partial charge in [-0.05, 0) is 44.7 Å². The first-order chi connectivity index (χ1) is 10.2. The van der Waals surface area contributed by atoms with Crippen molar-refractivity contribution in [3.8, 4) is 0 Å². The summed E-state index contributed by atoms with van der Waals surface area (Å²) in [5.41, 5.74) is 2.78. The Morgan fingerprint density at radius 2 is 1.95 bits per heavy atom. The Morgan fingerprint density at radius 3 is 2.67 bits per heavy atom. The number of likely N-dealkylation sites (N-methyl/N-ethyl adjacent to an activating group) is 1. The van der Waals surface area contributed by atoms with Crippen LogP contribution in [0, 0.1) is 6.92 Å². The van der Waals surface area contributed by atoms with Gasteiger partial charge >= 0.3 is 0 Å². The van der Waals surface area contributed by atoms with Gasteiger partial charge in [-0.2, -0.15) is 0 Å². The predicted molar refractivity (Wildman–Crippen MR) is 82.4 cm³/mol. The van der Waals surface area contributed by atoms with Crippen molar-refractivity contribution in [2.75, 3.05) is 7.05 Å². The Kier molecular flexibility index (Phi) is 3.11. The van der Waals surface area contributed by atoms with Crippen molar-refractivity contribution in [2.45, 2.75) is 50.1 Å². The molecule has 1 aromatic carbocycles. The van der Waals surface area contributed by atoms with Gasteiger partial charge in [0.15, 0.2) is 0 Å². The number of hydrogen-bond acceptors (Lipinski definition) is 3. The normalized spacial score (nSPS) is 32.5. The second-order valence-corrected chi connectivity index (χ2v) is 6.66. The van der Waals surface area contributed by atoms with E-state index in [1.807, 2.05) is 0 Å². The Bertz CT molecular complexity index is 605. The van der Waals surface area contributed by atoms with Crippen LogP contribution in [-0.4, -0.2) is 29.2 Å². The third kappa shape index (κ3) is 2.11. The molecule has 110 valence electrons. The van der Waals surface area contributed by atoms with Gasteiger partial charge in [-0.3, -0.25) is 4.90 Å². The molecule has 0 aliphatic carbocycles. The highest BCUT2D eigenvalue weighted by molar-refractivity contribution is 5.30. The molecule has 21 heavy (non-hydrogen) atoms. The van der Waals surface area contributed by atoms with Crippen molar-refractivity contribution in [2.24, 2.45) is 0 Å². The average molecular weight is 282 g/mol. The Labute approximate surface area is 125 Å². The van der Waals surface area contributed by atoms with E-state index in [9.17, 15) is 0 Å². The van der Waals surface area contributed by atoms with Crippen LogP contribution in [0.2, 0.25) is 0 Å². The molecule has 1 aromatic heterocycles. The van der Waals surface area contributed by atoms with Crippen molar-refractivity contribution in [1.82, 2.24) is 10.1 Å². The molecule has 2 aliphatic heterocycles. The van der Waals surface area contributed by atoms with Crippen LogP contribution >= 0.6 is 0 Å². The van der Waals surface area contributed by atoms with Crippen LogP contribution in [0.1, 0.15) is 48.0 Å². The summed E-state index contributed by atoms with van der Waals surface area (Å²) in [5, 5.41) is 3.95. The van der Waals surface area contributed by atoms with Gasteiger partial charge in [0, 0.05) is 24.1 Å². The molecule has 0 saturated carbocycles. The van der Waals surface area contributed by atoms with E-state index >= 15 is 0 Å². The SMILES string of the molecule is Cc1ccc(C2C[C@H]3CCC([C@H]2c2ccno2)N3C)cc1. The lowest BCUT2D eigenvalue weighted by Crippen LogP contribution is -2.44. The van der Waals surface area contributed by atoms with Crippen molar-refractivity contribution in [3.63, 3.8) is 0 Å². The summed E-state index contributed by atoms with van der Waals surface area (Å²) in [6.45, 7) is 2.15. The van der Waals surface area contributed by atoms with Crippen molar-refractivity contribution in [1.29, 1.82) is 0 Å². The average Bonchev–Trinajstić information content (AvgIpc) is 3.08. The molecule has 3 heterocycles. The van der Waals surface area contributed by atoms with Crippen LogP contribution in [0.15, 0.2) is 41.1 Å². The highest BCUT2D eigenvalue weighted by Crippen LogP contribution is 2.50. The minimum absolute atomic E-state index is 0.430. The van der Waals surface area contributed by atoms with Gasteiger partial charge in [-0.1, -0.05) is 35.0 Å². The molecule has 2 fully saturated rings. The van der Waals surface area contributed by atoms with Gasteiger partial charge in [0.2, 0.25) is 0 Å². The molecule has 0 radical (unpaired) electrons. The Hall–Kier alpha value is -1.61. The third-order valence-electron chi connectivity index (χ3n) is 5.56. The van der Waals surface area contributed by atoms with Crippen LogP contribution in [0.4, 0.5) is 0 Å². The first-order valence-electron chi connectivity index (χ1n) is 7.93. The summed E-state index contributed by atoms with van der Waals surface area (Å²) in [6, 6.07) is 12.4. The minimum Gasteiger partial charge on any atom is -0.361 e. The maximum atomic E-state index is 5.57. The number of aryl methyl sites for hydroxylation is 1. The molecular weight excluding hydrogens is 260 g/mol. The number of rotatable bonds is 2. The minimum atomic E-state index is 0.430. The summed E-state index contributed by atoms with van der Waals surface area (Å²) < 4.78 is 5.57. The maximum Gasteiger partial charge on any atom is 0.141 e. The largest absolute Gasteiger partial charge is 0.361 e.